The van der Waals surface area contributed by atoms with Crippen LogP contribution in [0.3, 0.4) is 0 Å². The van der Waals surface area contributed by atoms with E-state index in [2.05, 4.69) is 0 Å². The number of hydrogen-bond donors (Lipinski definition) is 0. The number of carbonyl (C=O) groups is 1. The molecular weight excluding hydrogens is 250 g/mol. The maximum absolute atomic E-state index is 13.6. The summed E-state index contributed by atoms with van der Waals surface area (Å²) in [4.78, 5) is 12.2. The topological polar surface area (TPSA) is 26.3 Å². The van der Waals surface area contributed by atoms with Crippen LogP contribution in [0.4, 0.5) is 8.78 Å². The van der Waals surface area contributed by atoms with E-state index in [-0.39, 0.29) is 5.56 Å². The average molecular weight is 260 g/mol. The number of para-hydroxylation sites is 1. The summed E-state index contributed by atoms with van der Waals surface area (Å²) in [5.74, 6) is -1.38. The van der Waals surface area contributed by atoms with Gasteiger partial charge < -0.3 is 4.74 Å². The lowest BCUT2D eigenvalue weighted by molar-refractivity contribution is 0.0820. The van der Waals surface area contributed by atoms with E-state index in [1.54, 1.807) is 6.07 Å². The van der Waals surface area contributed by atoms with Crippen molar-refractivity contribution >= 4 is 5.78 Å². The van der Waals surface area contributed by atoms with Gasteiger partial charge >= 0.3 is 0 Å². The average Bonchev–Trinajstić information content (AvgIpc) is 2.81. The summed E-state index contributed by atoms with van der Waals surface area (Å²) in [5.41, 5.74) is 0.780. The van der Waals surface area contributed by atoms with Crippen LogP contribution in [0.15, 0.2) is 42.5 Å². The van der Waals surface area contributed by atoms with Gasteiger partial charge in [0.2, 0.25) is 5.78 Å². The quantitative estimate of drug-likeness (QED) is 0.775. The molecular formula is C15H10F2O2. The van der Waals surface area contributed by atoms with Crippen molar-refractivity contribution in [2.75, 3.05) is 0 Å². The van der Waals surface area contributed by atoms with Crippen molar-refractivity contribution in [2.45, 2.75) is 12.5 Å². The molecule has 2 nitrogen and oxygen atoms in total. The Bertz CT molecular complexity index is 627. The first-order chi connectivity index (χ1) is 9.15. The minimum absolute atomic E-state index is 0.140. The molecule has 1 aliphatic heterocycles. The SMILES string of the molecule is O=C(c1ccc(F)cc1F)C1Cc2ccccc2O1. The first kappa shape index (κ1) is 11.8. The van der Waals surface area contributed by atoms with Crippen molar-refractivity contribution in [3.8, 4) is 5.75 Å². The fourth-order valence-corrected chi connectivity index (χ4v) is 2.19. The van der Waals surface area contributed by atoms with Gasteiger partial charge in [-0.1, -0.05) is 18.2 Å². The lowest BCUT2D eigenvalue weighted by Gasteiger charge is -2.10. The molecule has 0 fully saturated rings. The van der Waals surface area contributed by atoms with E-state index in [1.165, 1.54) is 0 Å². The number of halogens is 2. The summed E-state index contributed by atoms with van der Waals surface area (Å²) in [6.45, 7) is 0. The number of hydrogen-bond acceptors (Lipinski definition) is 2. The molecule has 96 valence electrons. The second-order valence-corrected chi connectivity index (χ2v) is 4.41. The van der Waals surface area contributed by atoms with Gasteiger partial charge in [0.15, 0.2) is 6.10 Å². The Morgan fingerprint density at radius 3 is 2.68 bits per heavy atom. The van der Waals surface area contributed by atoms with Gasteiger partial charge in [-0.2, -0.15) is 0 Å². The second-order valence-electron chi connectivity index (χ2n) is 4.41. The normalized spacial score (nSPS) is 16.8. The summed E-state index contributed by atoms with van der Waals surface area (Å²) < 4.78 is 31.9. The number of benzene rings is 2. The first-order valence-corrected chi connectivity index (χ1v) is 5.89. The Morgan fingerprint density at radius 2 is 1.95 bits per heavy atom. The Balaban J connectivity index is 1.87. The van der Waals surface area contributed by atoms with E-state index in [1.807, 2.05) is 18.2 Å². The fourth-order valence-electron chi connectivity index (χ4n) is 2.19. The van der Waals surface area contributed by atoms with Crippen LogP contribution in [0.5, 0.6) is 5.75 Å². The number of Topliss-reactive ketones (excluding diaryl/α,β-unsaturated/α-hetero) is 1. The molecule has 19 heavy (non-hydrogen) atoms. The van der Waals surface area contributed by atoms with Crippen LogP contribution in [0.1, 0.15) is 15.9 Å². The van der Waals surface area contributed by atoms with Crippen LogP contribution in [0.2, 0.25) is 0 Å². The smallest absolute Gasteiger partial charge is 0.206 e. The molecule has 0 amide bonds. The summed E-state index contributed by atoms with van der Waals surface area (Å²) in [7, 11) is 0. The predicted octanol–water partition coefficient (Wildman–Crippen LogP) is 3.15. The molecule has 4 heteroatoms. The maximum Gasteiger partial charge on any atom is 0.206 e. The molecule has 0 radical (unpaired) electrons. The molecule has 0 spiro atoms. The molecule has 0 saturated carbocycles. The standard InChI is InChI=1S/C15H10F2O2/c16-10-5-6-11(12(17)8-10)15(18)14-7-9-3-1-2-4-13(9)19-14/h1-6,8,14H,7H2. The molecule has 1 heterocycles. The minimum Gasteiger partial charge on any atom is -0.482 e. The highest BCUT2D eigenvalue weighted by Crippen LogP contribution is 2.30. The van der Waals surface area contributed by atoms with Gasteiger partial charge in [-0.3, -0.25) is 4.79 Å². The van der Waals surface area contributed by atoms with E-state index in [0.717, 1.165) is 17.7 Å². The highest BCUT2D eigenvalue weighted by atomic mass is 19.1. The Kier molecular flexibility index (Phi) is 2.78. The molecule has 1 unspecified atom stereocenters. The zero-order valence-corrected chi connectivity index (χ0v) is 9.90. The molecule has 0 bridgehead atoms. The van der Waals surface area contributed by atoms with Crippen molar-refractivity contribution in [2.24, 2.45) is 0 Å². The van der Waals surface area contributed by atoms with Gasteiger partial charge in [0, 0.05) is 12.5 Å². The molecule has 2 aromatic rings. The van der Waals surface area contributed by atoms with Gasteiger partial charge in [-0.15, -0.1) is 0 Å². The van der Waals surface area contributed by atoms with E-state index in [0.29, 0.717) is 18.2 Å². The third-order valence-corrected chi connectivity index (χ3v) is 3.14. The number of rotatable bonds is 2. The lowest BCUT2D eigenvalue weighted by Crippen LogP contribution is -2.26. The predicted molar refractivity (Wildman–Crippen MR) is 65.3 cm³/mol. The van der Waals surface area contributed by atoms with Crippen LogP contribution in [0, 0.1) is 11.6 Å². The lowest BCUT2D eigenvalue weighted by atomic mass is 10.0. The van der Waals surface area contributed by atoms with Crippen molar-refractivity contribution in [3.63, 3.8) is 0 Å². The van der Waals surface area contributed by atoms with Crippen molar-refractivity contribution in [1.82, 2.24) is 0 Å². The van der Waals surface area contributed by atoms with E-state index in [4.69, 9.17) is 4.74 Å². The van der Waals surface area contributed by atoms with E-state index in [9.17, 15) is 13.6 Å². The minimum atomic E-state index is -0.857. The maximum atomic E-state index is 13.6. The monoisotopic (exact) mass is 260 g/mol. The van der Waals surface area contributed by atoms with Crippen LogP contribution in [0.25, 0.3) is 0 Å². The van der Waals surface area contributed by atoms with Crippen molar-refractivity contribution in [1.29, 1.82) is 0 Å². The molecule has 3 rings (SSSR count). The van der Waals surface area contributed by atoms with Gasteiger partial charge in [0.05, 0.1) is 5.56 Å². The van der Waals surface area contributed by atoms with Crippen molar-refractivity contribution < 1.29 is 18.3 Å². The molecule has 0 aliphatic carbocycles. The summed E-state index contributed by atoms with van der Waals surface area (Å²) in [5, 5.41) is 0. The van der Waals surface area contributed by atoms with Crippen molar-refractivity contribution in [3.05, 3.63) is 65.2 Å². The summed E-state index contributed by atoms with van der Waals surface area (Å²) in [6, 6.07) is 10.2. The largest absolute Gasteiger partial charge is 0.482 e. The molecule has 2 aromatic carbocycles. The third kappa shape index (κ3) is 2.10. The summed E-state index contributed by atoms with van der Waals surface area (Å²) in [6.07, 6.45) is -0.330. The Hall–Kier alpha value is -2.23. The molecule has 1 aliphatic rings. The van der Waals surface area contributed by atoms with E-state index < -0.39 is 23.5 Å². The van der Waals surface area contributed by atoms with Crippen LogP contribution in [-0.2, 0) is 6.42 Å². The number of ether oxygens (including phenoxy) is 1. The summed E-state index contributed by atoms with van der Waals surface area (Å²) >= 11 is 0. The van der Waals surface area contributed by atoms with Gasteiger partial charge in [0.1, 0.15) is 17.4 Å². The second kappa shape index (κ2) is 4.46. The molecule has 0 N–H and O–H groups in total. The van der Waals surface area contributed by atoms with Crippen LogP contribution < -0.4 is 4.74 Å². The molecule has 0 saturated heterocycles. The van der Waals surface area contributed by atoms with Gasteiger partial charge in [-0.05, 0) is 23.8 Å². The third-order valence-electron chi connectivity index (χ3n) is 3.14. The number of carbonyl (C=O) groups excluding carboxylic acids is 1. The highest BCUT2D eigenvalue weighted by Gasteiger charge is 2.30. The number of fused-ring (bicyclic) bond motifs is 1. The number of ketones is 1. The fraction of sp³-hybridized carbons (Fsp3) is 0.133. The Labute approximate surface area is 108 Å². The molecule has 1 atom stereocenters. The van der Waals surface area contributed by atoms with Gasteiger partial charge in [0.25, 0.3) is 0 Å². The van der Waals surface area contributed by atoms with E-state index >= 15 is 0 Å². The zero-order chi connectivity index (χ0) is 13.4. The molecule has 0 aromatic heterocycles. The van der Waals surface area contributed by atoms with Crippen LogP contribution in [-0.4, -0.2) is 11.9 Å². The first-order valence-electron chi connectivity index (χ1n) is 5.89. The Morgan fingerprint density at radius 1 is 1.16 bits per heavy atom. The van der Waals surface area contributed by atoms with Crippen LogP contribution >= 0.6 is 0 Å². The highest BCUT2D eigenvalue weighted by molar-refractivity contribution is 6.00. The van der Waals surface area contributed by atoms with Gasteiger partial charge in [-0.25, -0.2) is 8.78 Å². The zero-order valence-electron chi connectivity index (χ0n) is 9.90.